The van der Waals surface area contributed by atoms with Crippen molar-refractivity contribution in [2.75, 3.05) is 37.3 Å². The number of rotatable bonds is 5. The van der Waals surface area contributed by atoms with Gasteiger partial charge in [-0.1, -0.05) is 11.8 Å². The molecule has 2 aromatic heterocycles. The molecule has 0 bridgehead atoms. The lowest BCUT2D eigenvalue weighted by Gasteiger charge is -2.35. The van der Waals surface area contributed by atoms with E-state index in [1.54, 1.807) is 12.5 Å². The monoisotopic (exact) mass is 341 g/mol. The molecule has 0 unspecified atom stereocenters. The number of anilines is 1. The number of nitrogens with zero attached hydrogens (tertiary/aromatic N) is 5. The van der Waals surface area contributed by atoms with Crippen molar-refractivity contribution in [2.45, 2.75) is 18.1 Å². The Morgan fingerprint density at radius 1 is 1.26 bits per heavy atom. The van der Waals surface area contributed by atoms with E-state index in [0.717, 1.165) is 38.4 Å². The number of aromatic nitrogens is 3. The zero-order valence-corrected chi connectivity index (χ0v) is 13.5. The van der Waals surface area contributed by atoms with Crippen LogP contribution in [0.1, 0.15) is 17.8 Å². The van der Waals surface area contributed by atoms with Gasteiger partial charge in [0.25, 0.3) is 6.43 Å². The van der Waals surface area contributed by atoms with Crippen LogP contribution < -0.4 is 4.90 Å². The van der Waals surface area contributed by atoms with Gasteiger partial charge >= 0.3 is 0 Å². The Kier molecular flexibility index (Phi) is 5.06. The Hall–Kier alpha value is -1.74. The zero-order chi connectivity index (χ0) is 16.2. The minimum Gasteiger partial charge on any atom is -0.451 e. The standard InChI is InChI=1S/C14H17F2N5OS/c1-23-14-18-11(13(15)16)6-12(19-14)21-4-2-20(3-5-21)7-10-8-22-9-17-10/h6,8-9,13H,2-5,7H2,1H3. The lowest BCUT2D eigenvalue weighted by atomic mass is 10.3. The summed E-state index contributed by atoms with van der Waals surface area (Å²) < 4.78 is 30.9. The van der Waals surface area contributed by atoms with Crippen molar-refractivity contribution in [3.63, 3.8) is 0 Å². The van der Waals surface area contributed by atoms with Gasteiger partial charge in [-0.25, -0.2) is 23.7 Å². The molecular weight excluding hydrogens is 324 g/mol. The molecule has 0 atom stereocenters. The van der Waals surface area contributed by atoms with Gasteiger partial charge in [-0.05, 0) is 6.26 Å². The summed E-state index contributed by atoms with van der Waals surface area (Å²) in [7, 11) is 0. The number of halogens is 2. The Balaban J connectivity index is 1.66. The van der Waals surface area contributed by atoms with Crippen molar-refractivity contribution in [2.24, 2.45) is 0 Å². The minimum absolute atomic E-state index is 0.218. The van der Waals surface area contributed by atoms with E-state index in [1.807, 2.05) is 4.90 Å². The number of alkyl halides is 2. The number of thioether (sulfide) groups is 1. The van der Waals surface area contributed by atoms with E-state index in [-0.39, 0.29) is 5.69 Å². The molecule has 9 heteroatoms. The second-order valence-corrected chi connectivity index (χ2v) is 5.95. The van der Waals surface area contributed by atoms with Gasteiger partial charge in [-0.15, -0.1) is 0 Å². The Morgan fingerprint density at radius 2 is 2.04 bits per heavy atom. The molecule has 124 valence electrons. The van der Waals surface area contributed by atoms with Gasteiger partial charge in [0.1, 0.15) is 17.8 Å². The molecule has 0 spiro atoms. The van der Waals surface area contributed by atoms with Crippen molar-refractivity contribution >= 4 is 17.6 Å². The maximum Gasteiger partial charge on any atom is 0.280 e. The van der Waals surface area contributed by atoms with Crippen LogP contribution in [0.5, 0.6) is 0 Å². The average molecular weight is 341 g/mol. The molecule has 0 aromatic carbocycles. The summed E-state index contributed by atoms with van der Waals surface area (Å²) in [5, 5.41) is 0.378. The molecule has 23 heavy (non-hydrogen) atoms. The van der Waals surface area contributed by atoms with Gasteiger partial charge in [0, 0.05) is 38.8 Å². The number of oxazole rings is 1. The molecule has 0 amide bonds. The first-order chi connectivity index (χ1) is 11.2. The Morgan fingerprint density at radius 3 is 2.65 bits per heavy atom. The van der Waals surface area contributed by atoms with Crippen LogP contribution in [-0.2, 0) is 6.54 Å². The molecule has 2 aromatic rings. The Bertz CT molecular complexity index is 632. The molecule has 0 radical (unpaired) electrons. The molecule has 0 aliphatic carbocycles. The zero-order valence-electron chi connectivity index (χ0n) is 12.7. The highest BCUT2D eigenvalue weighted by molar-refractivity contribution is 7.98. The third-order valence-corrected chi connectivity index (χ3v) is 4.23. The summed E-state index contributed by atoms with van der Waals surface area (Å²) in [5.41, 5.74) is 0.675. The second-order valence-electron chi connectivity index (χ2n) is 5.18. The number of hydrogen-bond donors (Lipinski definition) is 0. The highest BCUT2D eigenvalue weighted by Crippen LogP contribution is 2.25. The summed E-state index contributed by atoms with van der Waals surface area (Å²) in [6.07, 6.45) is 2.25. The van der Waals surface area contributed by atoms with E-state index < -0.39 is 6.43 Å². The highest BCUT2D eigenvalue weighted by Gasteiger charge is 2.21. The fourth-order valence-corrected chi connectivity index (χ4v) is 2.86. The van der Waals surface area contributed by atoms with Crippen molar-refractivity contribution < 1.29 is 13.2 Å². The fraction of sp³-hybridized carbons (Fsp3) is 0.500. The smallest absolute Gasteiger partial charge is 0.280 e. The molecule has 1 saturated heterocycles. The fourth-order valence-electron chi connectivity index (χ4n) is 2.48. The number of piperazine rings is 1. The third-order valence-electron chi connectivity index (χ3n) is 3.68. The van der Waals surface area contributed by atoms with Crippen LogP contribution >= 0.6 is 11.8 Å². The van der Waals surface area contributed by atoms with Crippen LogP contribution in [0.4, 0.5) is 14.6 Å². The van der Waals surface area contributed by atoms with E-state index in [1.165, 1.54) is 24.2 Å². The third kappa shape index (κ3) is 3.97. The van der Waals surface area contributed by atoms with Crippen molar-refractivity contribution in [3.05, 3.63) is 30.1 Å². The molecule has 6 nitrogen and oxygen atoms in total. The molecule has 3 rings (SSSR count). The summed E-state index contributed by atoms with van der Waals surface area (Å²) in [6, 6.07) is 1.39. The predicted molar refractivity (Wildman–Crippen MR) is 82.8 cm³/mol. The molecular formula is C14H17F2N5OS. The first kappa shape index (κ1) is 16.1. The van der Waals surface area contributed by atoms with Crippen LogP contribution in [0.25, 0.3) is 0 Å². The van der Waals surface area contributed by atoms with E-state index in [4.69, 9.17) is 4.42 Å². The van der Waals surface area contributed by atoms with Crippen molar-refractivity contribution in [1.82, 2.24) is 19.9 Å². The molecule has 0 N–H and O–H groups in total. The van der Waals surface area contributed by atoms with Crippen LogP contribution in [0, 0.1) is 0 Å². The van der Waals surface area contributed by atoms with Gasteiger partial charge in [-0.2, -0.15) is 0 Å². The van der Waals surface area contributed by atoms with Crippen LogP contribution in [-0.4, -0.2) is 52.3 Å². The van der Waals surface area contributed by atoms with E-state index >= 15 is 0 Å². The van der Waals surface area contributed by atoms with Gasteiger partial charge in [0.05, 0.1) is 5.69 Å². The van der Waals surface area contributed by atoms with E-state index in [0.29, 0.717) is 11.0 Å². The molecule has 3 heterocycles. The maximum absolute atomic E-state index is 13.0. The molecule has 1 aliphatic heterocycles. The summed E-state index contributed by atoms with van der Waals surface area (Å²) in [5.74, 6) is 0.570. The largest absolute Gasteiger partial charge is 0.451 e. The van der Waals surface area contributed by atoms with Crippen LogP contribution in [0.2, 0.25) is 0 Å². The normalized spacial score (nSPS) is 16.3. The maximum atomic E-state index is 13.0. The summed E-state index contributed by atoms with van der Waals surface area (Å²) >= 11 is 1.27. The van der Waals surface area contributed by atoms with E-state index in [9.17, 15) is 8.78 Å². The average Bonchev–Trinajstić information content (AvgIpc) is 3.08. The summed E-state index contributed by atoms with van der Waals surface area (Å²) in [4.78, 5) is 16.6. The van der Waals surface area contributed by atoms with Crippen LogP contribution in [0.15, 0.2) is 28.3 Å². The van der Waals surface area contributed by atoms with Gasteiger partial charge in [-0.3, -0.25) is 4.90 Å². The van der Waals surface area contributed by atoms with E-state index in [2.05, 4.69) is 19.9 Å². The molecule has 1 fully saturated rings. The van der Waals surface area contributed by atoms with Gasteiger partial charge in [0.15, 0.2) is 11.6 Å². The second kappa shape index (κ2) is 7.22. The SMILES string of the molecule is CSc1nc(C(F)F)cc(N2CCN(Cc3cocn3)CC2)n1. The topological polar surface area (TPSA) is 58.3 Å². The quantitative estimate of drug-likeness (QED) is 0.611. The number of hydrogen-bond acceptors (Lipinski definition) is 7. The van der Waals surface area contributed by atoms with Gasteiger partial charge < -0.3 is 9.32 Å². The first-order valence-corrected chi connectivity index (χ1v) is 8.43. The highest BCUT2D eigenvalue weighted by atomic mass is 32.2. The lowest BCUT2D eigenvalue weighted by Crippen LogP contribution is -2.46. The first-order valence-electron chi connectivity index (χ1n) is 7.21. The van der Waals surface area contributed by atoms with Crippen molar-refractivity contribution in [3.8, 4) is 0 Å². The lowest BCUT2D eigenvalue weighted by molar-refractivity contribution is 0.145. The van der Waals surface area contributed by atoms with Crippen molar-refractivity contribution in [1.29, 1.82) is 0 Å². The molecule has 0 saturated carbocycles. The molecule has 1 aliphatic rings. The summed E-state index contributed by atoms with van der Waals surface area (Å²) in [6.45, 7) is 3.81. The van der Waals surface area contributed by atoms with Crippen LogP contribution in [0.3, 0.4) is 0 Å². The van der Waals surface area contributed by atoms with Gasteiger partial charge in [0.2, 0.25) is 0 Å². The minimum atomic E-state index is -2.59. The Labute approximate surface area is 136 Å². The predicted octanol–water partition coefficient (Wildman–Crippen LogP) is 2.45.